The van der Waals surface area contributed by atoms with Crippen molar-refractivity contribution in [2.24, 2.45) is 0 Å². The number of hydrogen-bond donors (Lipinski definition) is 0. The van der Waals surface area contributed by atoms with Gasteiger partial charge in [0.1, 0.15) is 0 Å². The Balaban J connectivity index is 4.57. The molecule has 0 saturated carbocycles. The molecule has 0 bridgehead atoms. The Morgan fingerprint density at radius 3 is 2.08 bits per heavy atom. The molecule has 0 heterocycles. The van der Waals surface area contributed by atoms with Gasteiger partial charge in [0.05, 0.1) is 0 Å². The Bertz CT molecular complexity index is 257. The fraction of sp³-hybridized carbons (Fsp3) is 1.00. The molecule has 0 rings (SSSR count). The van der Waals surface area contributed by atoms with Crippen molar-refractivity contribution in [1.29, 1.82) is 0 Å². The van der Waals surface area contributed by atoms with Crippen molar-refractivity contribution in [1.82, 2.24) is 0 Å². The van der Waals surface area contributed by atoms with E-state index in [0.717, 1.165) is 6.92 Å². The van der Waals surface area contributed by atoms with Crippen LogP contribution in [0.15, 0.2) is 0 Å². The minimum Gasteiger partial charge on any atom is -0.272 e. The van der Waals surface area contributed by atoms with Crippen LogP contribution in [0.2, 0.25) is 0 Å². The lowest BCUT2D eigenvalue weighted by Gasteiger charge is -2.08. The van der Waals surface area contributed by atoms with Gasteiger partial charge < -0.3 is 0 Å². The van der Waals surface area contributed by atoms with Crippen molar-refractivity contribution in [3.05, 3.63) is 0 Å². The highest BCUT2D eigenvalue weighted by molar-refractivity contribution is 7.87. The quantitative estimate of drug-likeness (QED) is 0.414. The van der Waals surface area contributed by atoms with Crippen molar-refractivity contribution >= 4 is 18.6 Å². The first kappa shape index (κ1) is 11.8. The molecule has 0 aromatic rings. The lowest BCUT2D eigenvalue weighted by atomic mass is 10.9. The molecule has 9 heteroatoms. The van der Waals surface area contributed by atoms with Gasteiger partial charge in [-0.3, -0.25) is 4.57 Å². The zero-order valence-corrected chi connectivity index (χ0v) is 7.41. The van der Waals surface area contributed by atoms with Crippen LogP contribution in [0.1, 0.15) is 6.92 Å². The van der Waals surface area contributed by atoms with E-state index in [1.54, 1.807) is 0 Å². The van der Waals surface area contributed by atoms with Crippen molar-refractivity contribution < 1.29 is 30.3 Å². The van der Waals surface area contributed by atoms with Gasteiger partial charge in [0, 0.05) is 0 Å². The second-order valence-corrected chi connectivity index (χ2v) is 4.20. The van der Waals surface area contributed by atoms with Gasteiger partial charge in [-0.05, 0) is 6.92 Å². The molecule has 0 aliphatic rings. The van der Waals surface area contributed by atoms with Gasteiger partial charge in [-0.1, -0.05) is 0 Å². The molecular weight excluding hydrogens is 220 g/mol. The first-order valence-electron chi connectivity index (χ1n) is 2.52. The molecule has 0 aliphatic heterocycles. The normalized spacial score (nSPS) is 16.3. The molecule has 1 atom stereocenters. The number of hydrogen-bond acceptors (Lipinski definition) is 4. The monoisotopic (exact) mass is 224 g/mol. The summed E-state index contributed by atoms with van der Waals surface area (Å²) >= 11 is 0. The van der Waals surface area contributed by atoms with Crippen LogP contribution in [0.5, 0.6) is 0 Å². The molecular formula is C3H4F3O4PS. The van der Waals surface area contributed by atoms with Gasteiger partial charge in [0.2, 0.25) is 0 Å². The lowest BCUT2D eigenvalue weighted by Crippen LogP contribution is -2.27. The van der Waals surface area contributed by atoms with E-state index in [9.17, 15) is 26.2 Å². The molecule has 0 spiro atoms. The van der Waals surface area contributed by atoms with Crippen LogP contribution in [0.3, 0.4) is 0 Å². The zero-order chi connectivity index (χ0) is 9.99. The largest absolute Gasteiger partial charge is 0.523 e. The van der Waals surface area contributed by atoms with Gasteiger partial charge in [0.25, 0.3) is 0 Å². The van der Waals surface area contributed by atoms with Gasteiger partial charge >= 0.3 is 15.6 Å². The van der Waals surface area contributed by atoms with Crippen molar-refractivity contribution in [3.63, 3.8) is 0 Å². The topological polar surface area (TPSA) is 60.4 Å². The minimum absolute atomic E-state index is 0.825. The van der Waals surface area contributed by atoms with Gasteiger partial charge in [-0.15, -0.1) is 0 Å². The average molecular weight is 224 g/mol. The molecule has 0 radical (unpaired) electrons. The fourth-order valence-corrected chi connectivity index (χ4v) is 1.21. The van der Waals surface area contributed by atoms with Gasteiger partial charge in [0.15, 0.2) is 14.3 Å². The highest BCUT2D eigenvalue weighted by Gasteiger charge is 2.48. The third-order valence-electron chi connectivity index (χ3n) is 0.698. The first-order valence-corrected chi connectivity index (χ1v) is 4.81. The van der Waals surface area contributed by atoms with E-state index in [4.69, 9.17) is 0 Å². The first-order chi connectivity index (χ1) is 5.20. The molecule has 0 saturated heterocycles. The van der Waals surface area contributed by atoms with E-state index in [1.165, 1.54) is 0 Å². The summed E-state index contributed by atoms with van der Waals surface area (Å²) in [5.74, 6) is -1.53. The Labute approximate surface area is 68.0 Å². The number of rotatable bonds is 3. The lowest BCUT2D eigenvalue weighted by molar-refractivity contribution is -0.0547. The van der Waals surface area contributed by atoms with E-state index in [-0.39, 0.29) is 0 Å². The summed E-state index contributed by atoms with van der Waals surface area (Å²) in [6.07, 6.45) is 0. The van der Waals surface area contributed by atoms with E-state index in [2.05, 4.69) is 4.18 Å². The average Bonchev–Trinajstić information content (AvgIpc) is 1.84. The van der Waals surface area contributed by atoms with Gasteiger partial charge in [-0.25, -0.2) is 4.18 Å². The zero-order valence-electron chi connectivity index (χ0n) is 5.70. The molecule has 0 aromatic carbocycles. The standard InChI is InChI=1S/C3H4F3O4PS/c1-2(11-7)10-12(8,9)3(4,5)6/h2H,1H3. The molecule has 4 nitrogen and oxygen atoms in total. The van der Waals surface area contributed by atoms with E-state index < -0.39 is 29.9 Å². The summed E-state index contributed by atoms with van der Waals surface area (Å²) in [5, 5.41) is 0. The smallest absolute Gasteiger partial charge is 0.272 e. The Kier molecular flexibility index (Phi) is 3.61. The predicted molar refractivity (Wildman–Crippen MR) is 33.1 cm³/mol. The van der Waals surface area contributed by atoms with Crippen LogP contribution >= 0.6 is 8.46 Å². The summed E-state index contributed by atoms with van der Waals surface area (Å²) in [6, 6.07) is 0. The fourth-order valence-electron chi connectivity index (χ4n) is 0.255. The van der Waals surface area contributed by atoms with Crippen LogP contribution in [0, 0.1) is 0 Å². The maximum Gasteiger partial charge on any atom is 0.523 e. The Morgan fingerprint density at radius 1 is 1.42 bits per heavy atom. The van der Waals surface area contributed by atoms with Crippen molar-refractivity contribution in [2.45, 2.75) is 18.3 Å². The second kappa shape index (κ2) is 3.68. The SMILES string of the molecule is CC(OS(=O)(=O)C(F)(F)F)P=O. The minimum atomic E-state index is -5.62. The summed E-state index contributed by atoms with van der Waals surface area (Å²) in [6.45, 7) is 0.928. The predicted octanol–water partition coefficient (Wildman–Crippen LogP) is 1.49. The van der Waals surface area contributed by atoms with E-state index in [0.29, 0.717) is 0 Å². The van der Waals surface area contributed by atoms with Crippen LogP contribution in [0.4, 0.5) is 13.2 Å². The molecule has 0 aliphatic carbocycles. The van der Waals surface area contributed by atoms with Crippen LogP contribution in [-0.4, -0.2) is 19.8 Å². The van der Waals surface area contributed by atoms with Crippen molar-refractivity contribution in [3.8, 4) is 0 Å². The molecule has 72 valence electrons. The summed E-state index contributed by atoms with van der Waals surface area (Å²) in [5.41, 5.74) is -5.47. The Morgan fingerprint density at radius 2 is 1.83 bits per heavy atom. The van der Waals surface area contributed by atoms with Crippen LogP contribution in [0.25, 0.3) is 0 Å². The molecule has 0 amide bonds. The highest BCUT2D eigenvalue weighted by Crippen LogP contribution is 2.27. The number of alkyl halides is 3. The molecule has 12 heavy (non-hydrogen) atoms. The molecule has 0 N–H and O–H groups in total. The summed E-state index contributed by atoms with van der Waals surface area (Å²) in [4.78, 5) is 0. The Hall–Kier alpha value is -0.200. The highest BCUT2D eigenvalue weighted by atomic mass is 32.2. The third kappa shape index (κ3) is 3.04. The van der Waals surface area contributed by atoms with E-state index in [1.807, 2.05) is 0 Å². The van der Waals surface area contributed by atoms with Crippen molar-refractivity contribution in [2.75, 3.05) is 0 Å². The van der Waals surface area contributed by atoms with Crippen LogP contribution < -0.4 is 0 Å². The summed E-state index contributed by atoms with van der Waals surface area (Å²) in [7, 11) is -6.44. The van der Waals surface area contributed by atoms with Gasteiger partial charge in [-0.2, -0.15) is 21.6 Å². The second-order valence-electron chi connectivity index (χ2n) is 1.70. The van der Waals surface area contributed by atoms with E-state index >= 15 is 0 Å². The maximum absolute atomic E-state index is 11.5. The molecule has 0 fully saturated rings. The maximum atomic E-state index is 11.5. The molecule has 1 unspecified atom stereocenters. The third-order valence-corrected chi connectivity index (χ3v) is 2.35. The molecule has 0 aromatic heterocycles. The van der Waals surface area contributed by atoms with Crippen LogP contribution in [-0.2, 0) is 18.9 Å². The summed E-state index contributed by atoms with van der Waals surface area (Å²) < 4.78 is 68.1. The number of halogens is 3.